The number of ether oxygens (including phenoxy) is 4. The fraction of sp³-hybridized carbons (Fsp3) is 0.314. The summed E-state index contributed by atoms with van der Waals surface area (Å²) in [7, 11) is 3.03. The summed E-state index contributed by atoms with van der Waals surface area (Å²) in [5, 5.41) is 12.9. The summed E-state index contributed by atoms with van der Waals surface area (Å²) in [6.45, 7) is 5.29. The van der Waals surface area contributed by atoms with Gasteiger partial charge in [-0.3, -0.25) is 19.5 Å². The normalized spacial score (nSPS) is 16.2. The van der Waals surface area contributed by atoms with Crippen LogP contribution in [0.25, 0.3) is 5.69 Å². The number of carboxylic acids is 1. The number of rotatable bonds is 11. The average molecular weight is 678 g/mol. The number of carboxylic acid groups (broad SMARTS) is 1. The van der Waals surface area contributed by atoms with Crippen LogP contribution in [-0.4, -0.2) is 66.2 Å². The van der Waals surface area contributed by atoms with E-state index in [9.17, 15) is 24.3 Å². The lowest BCUT2D eigenvalue weighted by atomic mass is 9.92. The van der Waals surface area contributed by atoms with Crippen LogP contribution < -0.4 is 19.9 Å². The maximum absolute atomic E-state index is 14.6. The van der Waals surface area contributed by atoms with E-state index in [-0.39, 0.29) is 25.1 Å². The molecule has 252 valence electrons. The molecule has 12 nitrogen and oxygen atoms in total. The lowest BCUT2D eigenvalue weighted by Crippen LogP contribution is -2.46. The lowest BCUT2D eigenvalue weighted by molar-refractivity contribution is -0.143. The molecule has 0 bridgehead atoms. The number of methoxy groups -OCH3 is 2. The van der Waals surface area contributed by atoms with E-state index in [0.717, 1.165) is 0 Å². The van der Waals surface area contributed by atoms with Gasteiger partial charge in [0.15, 0.2) is 11.5 Å². The zero-order valence-corrected chi connectivity index (χ0v) is 27.9. The number of aromatic nitrogens is 2. The number of aromatic carboxylic acids is 1. The Hall–Kier alpha value is -5.07. The van der Waals surface area contributed by atoms with E-state index < -0.39 is 41.0 Å². The number of nitrogens with zero attached hydrogens (tertiary/aromatic N) is 2. The summed E-state index contributed by atoms with van der Waals surface area (Å²) in [5.74, 6) is -1.11. The standard InChI is InChI=1S/C35H36ClN3O9/c1-20(40)47-19-35(2,3)18-38-27-13-12-22(36)15-26(27)31(25-10-7-11-28(45-4)32(25)46-5)48-29(33(38)42)16-23-17-30(41)39(37-23)24-9-6-8-21(14-24)34(43)44/h6-15,17,29,31,37H,16,18-19H2,1-5H3,(H,43,44)/t29-,31-/m1/s1. The van der Waals surface area contributed by atoms with Crippen molar-refractivity contribution in [2.24, 2.45) is 5.41 Å². The van der Waals surface area contributed by atoms with Crippen LogP contribution in [0.4, 0.5) is 5.69 Å². The zero-order valence-electron chi connectivity index (χ0n) is 27.1. The molecule has 0 saturated heterocycles. The molecule has 1 aliphatic heterocycles. The number of H-pyrrole nitrogens is 1. The Balaban J connectivity index is 1.63. The number of amides is 1. The summed E-state index contributed by atoms with van der Waals surface area (Å²) in [5.41, 5.74) is 1.27. The molecule has 1 aliphatic rings. The third-order valence-electron chi connectivity index (χ3n) is 7.90. The summed E-state index contributed by atoms with van der Waals surface area (Å²) >= 11 is 6.54. The fourth-order valence-corrected chi connectivity index (χ4v) is 5.90. The molecule has 1 aromatic heterocycles. The van der Waals surface area contributed by atoms with E-state index in [1.54, 1.807) is 41.3 Å². The maximum Gasteiger partial charge on any atom is 0.335 e. The maximum atomic E-state index is 14.6. The van der Waals surface area contributed by atoms with E-state index in [0.29, 0.717) is 44.7 Å². The highest BCUT2D eigenvalue weighted by Crippen LogP contribution is 2.45. The van der Waals surface area contributed by atoms with Crippen LogP contribution in [-0.2, 0) is 25.5 Å². The fourth-order valence-electron chi connectivity index (χ4n) is 5.72. The van der Waals surface area contributed by atoms with Gasteiger partial charge in [0.1, 0.15) is 12.2 Å². The van der Waals surface area contributed by atoms with Crippen molar-refractivity contribution in [1.29, 1.82) is 0 Å². The first-order valence-electron chi connectivity index (χ1n) is 15.1. The number of carbonyl (C=O) groups excluding carboxylic acids is 2. The minimum Gasteiger partial charge on any atom is -0.493 e. The van der Waals surface area contributed by atoms with Crippen LogP contribution in [0.3, 0.4) is 0 Å². The molecule has 5 rings (SSSR count). The minimum absolute atomic E-state index is 0.0105. The van der Waals surface area contributed by atoms with Crippen molar-refractivity contribution in [1.82, 2.24) is 9.78 Å². The molecule has 0 spiro atoms. The van der Waals surface area contributed by atoms with Gasteiger partial charge in [-0.25, -0.2) is 9.48 Å². The molecule has 4 aromatic rings. The molecule has 48 heavy (non-hydrogen) atoms. The number of anilines is 1. The van der Waals surface area contributed by atoms with Gasteiger partial charge in [-0.15, -0.1) is 0 Å². The van der Waals surface area contributed by atoms with Crippen LogP contribution in [0.5, 0.6) is 11.5 Å². The number of fused-ring (bicyclic) bond motifs is 1. The van der Waals surface area contributed by atoms with Crippen molar-refractivity contribution in [2.75, 3.05) is 32.3 Å². The number of hydrogen-bond acceptors (Lipinski definition) is 8. The molecule has 0 unspecified atom stereocenters. The Morgan fingerprint density at radius 1 is 1.00 bits per heavy atom. The highest BCUT2D eigenvalue weighted by molar-refractivity contribution is 6.30. The number of hydrogen-bond donors (Lipinski definition) is 2. The number of nitrogens with one attached hydrogen (secondary N) is 1. The smallest absolute Gasteiger partial charge is 0.335 e. The molecular formula is C35H36ClN3O9. The molecular weight excluding hydrogens is 642 g/mol. The molecule has 2 atom stereocenters. The Morgan fingerprint density at radius 2 is 1.75 bits per heavy atom. The van der Waals surface area contributed by atoms with Gasteiger partial charge in [0, 0.05) is 58.9 Å². The van der Waals surface area contributed by atoms with Gasteiger partial charge < -0.3 is 29.0 Å². The van der Waals surface area contributed by atoms with E-state index in [2.05, 4.69) is 5.10 Å². The quantitative estimate of drug-likeness (QED) is 0.205. The zero-order chi connectivity index (χ0) is 34.7. The Morgan fingerprint density at radius 3 is 2.44 bits per heavy atom. The number of benzene rings is 3. The van der Waals surface area contributed by atoms with Crippen molar-refractivity contribution in [2.45, 2.75) is 39.4 Å². The van der Waals surface area contributed by atoms with Crippen LogP contribution in [0.1, 0.15) is 54.1 Å². The van der Waals surface area contributed by atoms with E-state index in [4.69, 9.17) is 30.5 Å². The Labute approximate surface area is 281 Å². The number of carbonyl (C=O) groups is 3. The van der Waals surface area contributed by atoms with Gasteiger partial charge in [-0.1, -0.05) is 43.6 Å². The van der Waals surface area contributed by atoms with E-state index in [1.807, 2.05) is 19.9 Å². The predicted molar refractivity (Wildman–Crippen MR) is 178 cm³/mol. The Bertz CT molecular complexity index is 1920. The van der Waals surface area contributed by atoms with Gasteiger partial charge in [0.2, 0.25) is 0 Å². The van der Waals surface area contributed by atoms with Crippen LogP contribution in [0.2, 0.25) is 5.02 Å². The van der Waals surface area contributed by atoms with Crippen LogP contribution >= 0.6 is 11.6 Å². The monoisotopic (exact) mass is 677 g/mol. The summed E-state index contributed by atoms with van der Waals surface area (Å²) in [6.07, 6.45) is -2.07. The van der Waals surface area contributed by atoms with Crippen molar-refractivity contribution in [3.63, 3.8) is 0 Å². The molecule has 13 heteroatoms. The molecule has 3 aromatic carbocycles. The van der Waals surface area contributed by atoms with E-state index >= 15 is 0 Å². The van der Waals surface area contributed by atoms with Crippen molar-refractivity contribution < 1.29 is 38.4 Å². The molecule has 0 fully saturated rings. The van der Waals surface area contributed by atoms with Gasteiger partial charge >= 0.3 is 11.9 Å². The SMILES string of the molecule is COc1cccc([C@H]2O[C@H](Cc3cc(=O)n(-c4cccc(C(=O)O)c4)[nH]3)C(=O)N(CC(C)(C)COC(C)=O)c3ccc(Cl)cc32)c1OC. The third-order valence-corrected chi connectivity index (χ3v) is 8.14. The lowest BCUT2D eigenvalue weighted by Gasteiger charge is -2.33. The van der Waals surface area contributed by atoms with Crippen molar-refractivity contribution in [3.05, 3.63) is 104 Å². The second kappa shape index (κ2) is 14.0. The topological polar surface area (TPSA) is 149 Å². The summed E-state index contributed by atoms with van der Waals surface area (Å²) in [6, 6.07) is 17.8. The molecule has 0 aliphatic carbocycles. The van der Waals surface area contributed by atoms with Crippen LogP contribution in [0, 0.1) is 5.41 Å². The average Bonchev–Trinajstić information content (AvgIpc) is 3.39. The molecule has 2 heterocycles. The first kappa shape index (κ1) is 34.3. The first-order valence-corrected chi connectivity index (χ1v) is 15.4. The number of aromatic amines is 1. The number of para-hydroxylation sites is 1. The largest absolute Gasteiger partial charge is 0.493 e. The van der Waals surface area contributed by atoms with Gasteiger partial charge in [-0.2, -0.15) is 0 Å². The molecule has 0 saturated carbocycles. The van der Waals surface area contributed by atoms with E-state index in [1.165, 1.54) is 50.1 Å². The highest BCUT2D eigenvalue weighted by Gasteiger charge is 2.40. The minimum atomic E-state index is -1.14. The molecule has 0 radical (unpaired) electrons. The summed E-state index contributed by atoms with van der Waals surface area (Å²) < 4.78 is 24.6. The molecule has 1 amide bonds. The second-order valence-corrected chi connectivity index (χ2v) is 12.6. The van der Waals surface area contributed by atoms with Gasteiger partial charge in [0.25, 0.3) is 11.5 Å². The molecule has 2 N–H and O–H groups in total. The van der Waals surface area contributed by atoms with Crippen LogP contribution in [0.15, 0.2) is 71.5 Å². The van der Waals surface area contributed by atoms with Gasteiger partial charge in [0.05, 0.1) is 32.1 Å². The number of halogens is 1. The third kappa shape index (κ3) is 7.24. The van der Waals surface area contributed by atoms with Crippen molar-refractivity contribution in [3.8, 4) is 17.2 Å². The van der Waals surface area contributed by atoms with Crippen molar-refractivity contribution >= 4 is 35.1 Å². The van der Waals surface area contributed by atoms with Gasteiger partial charge in [-0.05, 0) is 42.5 Å². The summed E-state index contributed by atoms with van der Waals surface area (Å²) in [4.78, 5) is 52.5. The first-order chi connectivity index (χ1) is 22.8. The second-order valence-electron chi connectivity index (χ2n) is 12.2. The Kier molecular flexibility index (Phi) is 9.97. The predicted octanol–water partition coefficient (Wildman–Crippen LogP) is 5.19. The highest BCUT2D eigenvalue weighted by atomic mass is 35.5. The number of esters is 1.